The minimum absolute atomic E-state index is 0.133. The van der Waals surface area contributed by atoms with Gasteiger partial charge in [0.2, 0.25) is 5.91 Å². The first-order valence-corrected chi connectivity index (χ1v) is 17.7. The van der Waals surface area contributed by atoms with E-state index in [1.54, 1.807) is 17.8 Å². The molecule has 0 aliphatic heterocycles. The summed E-state index contributed by atoms with van der Waals surface area (Å²) in [5.41, 5.74) is 7.80. The van der Waals surface area contributed by atoms with Crippen LogP contribution in [0.25, 0.3) is 17.2 Å². The van der Waals surface area contributed by atoms with Crippen LogP contribution in [0.2, 0.25) is 0 Å². The van der Waals surface area contributed by atoms with Crippen LogP contribution in [0.3, 0.4) is 0 Å². The Labute approximate surface area is 278 Å². The Morgan fingerprint density at radius 2 is 1.74 bits per heavy atom. The fourth-order valence-corrected chi connectivity index (χ4v) is 6.93. The van der Waals surface area contributed by atoms with E-state index in [4.69, 9.17) is 9.47 Å². The van der Waals surface area contributed by atoms with Crippen LogP contribution in [0.1, 0.15) is 80.8 Å². The predicted molar refractivity (Wildman–Crippen MR) is 191 cm³/mol. The second-order valence-electron chi connectivity index (χ2n) is 11.9. The van der Waals surface area contributed by atoms with Crippen LogP contribution >= 0.6 is 11.8 Å². The van der Waals surface area contributed by atoms with Crippen LogP contribution in [0.15, 0.2) is 84.0 Å². The van der Waals surface area contributed by atoms with Crippen LogP contribution in [-0.2, 0) is 21.8 Å². The Morgan fingerprint density at radius 3 is 2.48 bits per heavy atom. The van der Waals surface area contributed by atoms with Gasteiger partial charge in [0, 0.05) is 35.6 Å². The van der Waals surface area contributed by atoms with Crippen LogP contribution in [-0.4, -0.2) is 35.3 Å². The second kappa shape index (κ2) is 17.2. The molecule has 0 bridgehead atoms. The highest BCUT2D eigenvalue weighted by atomic mass is 32.2. The number of imidazole rings is 1. The lowest BCUT2D eigenvalue weighted by atomic mass is 9.90. The number of aromatic nitrogens is 2. The number of aryl methyl sites for hydroxylation is 2. The minimum Gasteiger partial charge on any atom is -0.491 e. The van der Waals surface area contributed by atoms with Crippen LogP contribution < -0.4 is 10.1 Å². The lowest BCUT2D eigenvalue weighted by molar-refractivity contribution is -0.111. The van der Waals surface area contributed by atoms with E-state index in [-0.39, 0.29) is 5.91 Å². The third-order valence-electron chi connectivity index (χ3n) is 8.62. The number of ether oxygens (including phenoxy) is 2. The molecule has 0 unspecified atom stereocenters. The van der Waals surface area contributed by atoms with Crippen molar-refractivity contribution in [3.63, 3.8) is 0 Å². The molecule has 242 valence electrons. The topological polar surface area (TPSA) is 65.4 Å². The number of nitrogens with zero attached hydrogens (tertiary/aromatic N) is 2. The molecular weight excluding hydrogens is 591 g/mol. The molecule has 1 aliphatic carbocycles. The Kier molecular flexibility index (Phi) is 12.5. The summed E-state index contributed by atoms with van der Waals surface area (Å²) in [6.07, 6.45) is 12.7. The molecule has 1 aliphatic rings. The Morgan fingerprint density at radius 1 is 0.978 bits per heavy atom. The summed E-state index contributed by atoms with van der Waals surface area (Å²) in [6, 6.07) is 23.0. The zero-order valence-corrected chi connectivity index (χ0v) is 28.3. The van der Waals surface area contributed by atoms with Crippen molar-refractivity contribution in [2.24, 2.45) is 0 Å². The van der Waals surface area contributed by atoms with Crippen LogP contribution in [0.4, 0.5) is 5.69 Å². The normalized spacial score (nSPS) is 13.5. The predicted octanol–water partition coefficient (Wildman–Crippen LogP) is 9.68. The molecule has 1 amide bonds. The lowest BCUT2D eigenvalue weighted by Gasteiger charge is -2.15. The van der Waals surface area contributed by atoms with E-state index in [0.29, 0.717) is 19.1 Å². The smallest absolute Gasteiger partial charge is 0.248 e. The van der Waals surface area contributed by atoms with E-state index in [9.17, 15) is 4.79 Å². The van der Waals surface area contributed by atoms with Crippen molar-refractivity contribution < 1.29 is 14.3 Å². The Bertz CT molecular complexity index is 1570. The van der Waals surface area contributed by atoms with E-state index in [1.807, 2.05) is 36.7 Å². The van der Waals surface area contributed by atoms with Crippen molar-refractivity contribution in [1.82, 2.24) is 9.55 Å². The van der Waals surface area contributed by atoms with Crippen molar-refractivity contribution in [1.29, 1.82) is 0 Å². The van der Waals surface area contributed by atoms with Crippen molar-refractivity contribution in [2.45, 2.75) is 82.4 Å². The maximum absolute atomic E-state index is 13.0. The van der Waals surface area contributed by atoms with Gasteiger partial charge in [0.25, 0.3) is 0 Å². The molecule has 0 spiro atoms. The molecule has 46 heavy (non-hydrogen) atoms. The molecule has 1 heterocycles. The number of thioether (sulfide) groups is 1. The fourth-order valence-electron chi connectivity index (χ4n) is 5.92. The summed E-state index contributed by atoms with van der Waals surface area (Å²) in [5, 5.41) is 3.04. The van der Waals surface area contributed by atoms with Crippen molar-refractivity contribution in [3.05, 3.63) is 102 Å². The van der Waals surface area contributed by atoms with Gasteiger partial charge in [-0.25, -0.2) is 4.98 Å². The van der Waals surface area contributed by atoms with Gasteiger partial charge in [-0.05, 0) is 110 Å². The van der Waals surface area contributed by atoms with Gasteiger partial charge in [-0.1, -0.05) is 50.5 Å². The van der Waals surface area contributed by atoms with Gasteiger partial charge in [0.15, 0.2) is 0 Å². The molecule has 1 aromatic heterocycles. The molecule has 1 fully saturated rings. The maximum Gasteiger partial charge on any atom is 0.248 e. The SMILES string of the molecule is CCCCOCCOc1ccc(-c2ccc(C3CCCC3)c(/C=C/C(=O)Nc3ccc(SCc4c(C)ncn4CC)cc3)c2)cc1. The minimum atomic E-state index is -0.133. The number of carbonyl (C=O) groups excluding carboxylic acids is 1. The molecule has 0 atom stereocenters. The summed E-state index contributed by atoms with van der Waals surface area (Å²) in [7, 11) is 0. The highest BCUT2D eigenvalue weighted by Gasteiger charge is 2.20. The number of benzene rings is 3. The first-order chi connectivity index (χ1) is 22.5. The Hall–Kier alpha value is -3.81. The molecule has 3 aromatic carbocycles. The second-order valence-corrected chi connectivity index (χ2v) is 12.9. The number of hydrogen-bond acceptors (Lipinski definition) is 5. The van der Waals surface area contributed by atoms with Gasteiger partial charge in [-0.2, -0.15) is 0 Å². The molecule has 1 saturated carbocycles. The number of amides is 1. The standard InChI is InChI=1S/C39H47N3O3S/c1-4-6-23-44-24-25-45-35-17-11-30(12-18-35)32-13-21-37(31-9-7-8-10-31)33(26-32)14-22-39(43)41-34-15-19-36(20-16-34)46-27-38-29(3)40-28-42(38)5-2/h11-22,26,28,31H,4-10,23-25,27H2,1-3H3,(H,41,43)/b22-14+. The quantitative estimate of drug-likeness (QED) is 0.0753. The highest BCUT2D eigenvalue weighted by Crippen LogP contribution is 2.38. The largest absolute Gasteiger partial charge is 0.491 e. The van der Waals surface area contributed by atoms with Gasteiger partial charge < -0.3 is 19.4 Å². The molecule has 4 aromatic rings. The summed E-state index contributed by atoms with van der Waals surface area (Å²) in [6.45, 7) is 9.20. The maximum atomic E-state index is 13.0. The number of unbranched alkanes of at least 4 members (excludes halogenated alkanes) is 1. The Balaban J connectivity index is 1.21. The summed E-state index contributed by atoms with van der Waals surface area (Å²) >= 11 is 1.78. The van der Waals surface area contributed by atoms with E-state index in [0.717, 1.165) is 70.5 Å². The third kappa shape index (κ3) is 9.36. The first-order valence-electron chi connectivity index (χ1n) is 16.7. The summed E-state index contributed by atoms with van der Waals surface area (Å²) in [4.78, 5) is 18.6. The first kappa shape index (κ1) is 33.6. The number of hydrogen-bond donors (Lipinski definition) is 1. The number of anilines is 1. The average molecular weight is 638 g/mol. The molecule has 0 saturated heterocycles. The number of rotatable bonds is 16. The van der Waals surface area contributed by atoms with Gasteiger partial charge >= 0.3 is 0 Å². The highest BCUT2D eigenvalue weighted by molar-refractivity contribution is 7.98. The molecule has 6 nitrogen and oxygen atoms in total. The van der Waals surface area contributed by atoms with E-state index < -0.39 is 0 Å². The van der Waals surface area contributed by atoms with Crippen molar-refractivity contribution in [3.8, 4) is 16.9 Å². The molecule has 1 N–H and O–H groups in total. The lowest BCUT2D eigenvalue weighted by Crippen LogP contribution is -2.07. The van der Waals surface area contributed by atoms with Crippen molar-refractivity contribution in [2.75, 3.05) is 25.1 Å². The van der Waals surface area contributed by atoms with E-state index in [1.165, 1.54) is 36.9 Å². The number of carbonyl (C=O) groups is 1. The van der Waals surface area contributed by atoms with Gasteiger partial charge in [-0.3, -0.25) is 4.79 Å². The monoisotopic (exact) mass is 637 g/mol. The molecule has 5 rings (SSSR count). The zero-order valence-electron chi connectivity index (χ0n) is 27.5. The molecule has 0 radical (unpaired) electrons. The molecule has 7 heteroatoms. The third-order valence-corrected chi connectivity index (χ3v) is 9.64. The summed E-state index contributed by atoms with van der Waals surface area (Å²) in [5.74, 6) is 2.11. The molecular formula is C39H47N3O3S. The van der Waals surface area contributed by atoms with Gasteiger partial charge in [0.1, 0.15) is 12.4 Å². The zero-order chi connectivity index (χ0) is 32.1. The summed E-state index contributed by atoms with van der Waals surface area (Å²) < 4.78 is 13.7. The van der Waals surface area contributed by atoms with E-state index in [2.05, 4.69) is 78.1 Å². The van der Waals surface area contributed by atoms with E-state index >= 15 is 0 Å². The van der Waals surface area contributed by atoms with Gasteiger partial charge in [0.05, 0.1) is 24.3 Å². The van der Waals surface area contributed by atoms with Gasteiger partial charge in [-0.15, -0.1) is 11.8 Å². The number of nitrogens with one attached hydrogen (secondary N) is 1. The van der Waals surface area contributed by atoms with Crippen LogP contribution in [0, 0.1) is 6.92 Å². The van der Waals surface area contributed by atoms with Crippen LogP contribution in [0.5, 0.6) is 5.75 Å². The van der Waals surface area contributed by atoms with Crippen molar-refractivity contribution >= 4 is 29.4 Å². The fraction of sp³-hybridized carbons (Fsp3) is 0.385. The average Bonchev–Trinajstić information content (AvgIpc) is 3.75.